The average Bonchev–Trinajstić information content (AvgIpc) is 3.36. The van der Waals surface area contributed by atoms with Gasteiger partial charge in [0.1, 0.15) is 16.5 Å². The summed E-state index contributed by atoms with van der Waals surface area (Å²) < 4.78 is 6.18. The molecule has 1 aliphatic rings. The van der Waals surface area contributed by atoms with Crippen molar-refractivity contribution in [3.05, 3.63) is 54.4 Å². The molecule has 0 aromatic carbocycles. The third kappa shape index (κ3) is 3.63. The molecule has 3 N–H and O–H groups in total. The number of nitrogens with one attached hydrogen (secondary N) is 1. The van der Waals surface area contributed by atoms with Gasteiger partial charge >= 0.3 is 11.7 Å². The average molecular weight is 393 g/mol. The standard InChI is InChI=1S/C17H17ClN4O5/c1-7-5-8(2)20-13(18)11(7)16(25)27-6-10(23)12-14(19)22(9-3-4-9)17(26)21-15(12)24/h5,9H,3-4,6,19H2,1-2H3,(H,21,24,26). The van der Waals surface area contributed by atoms with Gasteiger partial charge in [0.05, 0.1) is 5.56 Å². The molecule has 27 heavy (non-hydrogen) atoms. The molecule has 2 heterocycles. The molecule has 10 heteroatoms. The van der Waals surface area contributed by atoms with Crippen LogP contribution in [0.25, 0.3) is 0 Å². The first kappa shape index (κ1) is 18.8. The Balaban J connectivity index is 1.83. The molecule has 9 nitrogen and oxygen atoms in total. The van der Waals surface area contributed by atoms with Crippen molar-refractivity contribution in [1.29, 1.82) is 0 Å². The van der Waals surface area contributed by atoms with E-state index in [2.05, 4.69) is 9.97 Å². The second-order valence-corrected chi connectivity index (χ2v) is 6.72. The maximum atomic E-state index is 12.4. The van der Waals surface area contributed by atoms with Crippen LogP contribution in [0, 0.1) is 13.8 Å². The molecule has 0 radical (unpaired) electrons. The number of aryl methyl sites for hydroxylation is 2. The Kier molecular flexibility index (Phi) is 4.88. The number of carbonyl (C=O) groups excluding carboxylic acids is 2. The lowest BCUT2D eigenvalue weighted by atomic mass is 10.1. The molecule has 142 valence electrons. The fourth-order valence-corrected chi connectivity index (χ4v) is 3.20. The monoisotopic (exact) mass is 392 g/mol. The Morgan fingerprint density at radius 2 is 2.00 bits per heavy atom. The molecule has 0 aliphatic heterocycles. The maximum Gasteiger partial charge on any atom is 0.342 e. The highest BCUT2D eigenvalue weighted by Gasteiger charge is 2.30. The fourth-order valence-electron chi connectivity index (χ4n) is 2.84. The summed E-state index contributed by atoms with van der Waals surface area (Å²) in [6.07, 6.45) is 1.47. The molecule has 0 bridgehead atoms. The minimum Gasteiger partial charge on any atom is -0.454 e. The number of nitrogens with zero attached hydrogens (tertiary/aromatic N) is 2. The smallest absolute Gasteiger partial charge is 0.342 e. The minimum absolute atomic E-state index is 0.0374. The van der Waals surface area contributed by atoms with Crippen molar-refractivity contribution in [1.82, 2.24) is 14.5 Å². The van der Waals surface area contributed by atoms with Crippen LogP contribution in [0.5, 0.6) is 0 Å². The van der Waals surface area contributed by atoms with E-state index in [1.54, 1.807) is 19.9 Å². The van der Waals surface area contributed by atoms with Crippen molar-refractivity contribution in [2.24, 2.45) is 0 Å². The zero-order valence-electron chi connectivity index (χ0n) is 14.7. The van der Waals surface area contributed by atoms with Crippen molar-refractivity contribution in [3.8, 4) is 0 Å². The predicted octanol–water partition coefficient (Wildman–Crippen LogP) is 1.16. The number of hydrogen-bond donors (Lipinski definition) is 2. The largest absolute Gasteiger partial charge is 0.454 e. The van der Waals surface area contributed by atoms with Crippen molar-refractivity contribution < 1.29 is 14.3 Å². The molecule has 0 saturated heterocycles. The minimum atomic E-state index is -0.915. The number of hydrogen-bond acceptors (Lipinski definition) is 7. The van der Waals surface area contributed by atoms with Crippen LogP contribution in [0.15, 0.2) is 15.7 Å². The summed E-state index contributed by atoms with van der Waals surface area (Å²) in [6.45, 7) is 2.66. The van der Waals surface area contributed by atoms with Crippen LogP contribution in [0.1, 0.15) is 50.9 Å². The number of Topliss-reactive ketones (excluding diaryl/α,β-unsaturated/α-hetero) is 1. The van der Waals surface area contributed by atoms with Gasteiger partial charge in [0.15, 0.2) is 6.61 Å². The Morgan fingerprint density at radius 3 is 2.59 bits per heavy atom. The van der Waals surface area contributed by atoms with E-state index >= 15 is 0 Å². The van der Waals surface area contributed by atoms with Gasteiger partial charge in [-0.3, -0.25) is 19.1 Å². The van der Waals surface area contributed by atoms with E-state index in [1.165, 1.54) is 4.57 Å². The number of nitrogen functional groups attached to an aromatic ring is 1. The number of aromatic amines is 1. The normalized spacial score (nSPS) is 13.4. The van der Waals surface area contributed by atoms with Gasteiger partial charge < -0.3 is 10.5 Å². The molecule has 0 amide bonds. The summed E-state index contributed by atoms with van der Waals surface area (Å²) in [5, 5.41) is -0.0374. The summed E-state index contributed by atoms with van der Waals surface area (Å²) in [7, 11) is 0. The van der Waals surface area contributed by atoms with Crippen molar-refractivity contribution in [2.45, 2.75) is 32.7 Å². The Morgan fingerprint density at radius 1 is 1.33 bits per heavy atom. The third-order valence-electron chi connectivity index (χ3n) is 4.21. The van der Waals surface area contributed by atoms with E-state index in [9.17, 15) is 19.2 Å². The highest BCUT2D eigenvalue weighted by atomic mass is 35.5. The zero-order valence-corrected chi connectivity index (χ0v) is 15.4. The molecule has 1 saturated carbocycles. The van der Waals surface area contributed by atoms with Gasteiger partial charge in [-0.25, -0.2) is 14.6 Å². The van der Waals surface area contributed by atoms with Crippen molar-refractivity contribution >= 4 is 29.2 Å². The highest BCUT2D eigenvalue weighted by Crippen LogP contribution is 2.35. The van der Waals surface area contributed by atoms with Crippen LogP contribution in [0.3, 0.4) is 0 Å². The van der Waals surface area contributed by atoms with Crippen LogP contribution in [-0.4, -0.2) is 32.9 Å². The molecular weight excluding hydrogens is 376 g/mol. The Bertz CT molecular complexity index is 1040. The van der Waals surface area contributed by atoms with Crippen molar-refractivity contribution in [2.75, 3.05) is 12.3 Å². The summed E-state index contributed by atoms with van der Waals surface area (Å²) in [5.74, 6) is -1.88. The number of nitrogens with two attached hydrogens (primary N) is 1. The predicted molar refractivity (Wildman–Crippen MR) is 97.3 cm³/mol. The topological polar surface area (TPSA) is 137 Å². The number of rotatable bonds is 5. The third-order valence-corrected chi connectivity index (χ3v) is 4.49. The van der Waals surface area contributed by atoms with Gasteiger partial charge in [-0.1, -0.05) is 11.6 Å². The summed E-state index contributed by atoms with van der Waals surface area (Å²) in [6, 6.07) is 1.52. The van der Waals surface area contributed by atoms with Gasteiger partial charge in [0.2, 0.25) is 5.78 Å². The first-order valence-corrected chi connectivity index (χ1v) is 8.56. The molecule has 3 rings (SSSR count). The summed E-state index contributed by atoms with van der Waals surface area (Å²) in [4.78, 5) is 54.6. The number of ether oxygens (including phenoxy) is 1. The second-order valence-electron chi connectivity index (χ2n) is 6.37. The Hall–Kier alpha value is -2.94. The SMILES string of the molecule is Cc1cc(C)c(C(=O)OCC(=O)c2c(N)n(C3CC3)c(=O)[nH]c2=O)c(Cl)n1. The number of ketones is 1. The van der Waals surface area contributed by atoms with Gasteiger partial charge in [0, 0.05) is 11.7 Å². The van der Waals surface area contributed by atoms with E-state index in [-0.39, 0.29) is 22.6 Å². The highest BCUT2D eigenvalue weighted by molar-refractivity contribution is 6.32. The van der Waals surface area contributed by atoms with E-state index in [0.717, 1.165) is 12.8 Å². The zero-order chi connectivity index (χ0) is 19.9. The van der Waals surface area contributed by atoms with Gasteiger partial charge in [-0.05, 0) is 38.3 Å². The molecule has 2 aromatic heterocycles. The van der Waals surface area contributed by atoms with Crippen LogP contribution in [-0.2, 0) is 4.74 Å². The quantitative estimate of drug-likeness (QED) is 0.442. The first-order valence-electron chi connectivity index (χ1n) is 8.19. The number of aromatic nitrogens is 3. The van der Waals surface area contributed by atoms with E-state index in [0.29, 0.717) is 11.3 Å². The molecule has 0 unspecified atom stereocenters. The van der Waals surface area contributed by atoms with Crippen LogP contribution >= 0.6 is 11.6 Å². The number of halogens is 1. The molecule has 2 aromatic rings. The summed E-state index contributed by atoms with van der Waals surface area (Å²) in [5.41, 5.74) is 5.09. The van der Waals surface area contributed by atoms with Gasteiger partial charge in [-0.15, -0.1) is 0 Å². The first-order chi connectivity index (χ1) is 12.7. The van der Waals surface area contributed by atoms with Crippen molar-refractivity contribution in [3.63, 3.8) is 0 Å². The molecular formula is C17H17ClN4O5. The number of carbonyl (C=O) groups is 2. The molecule has 0 atom stereocenters. The molecule has 0 spiro atoms. The van der Waals surface area contributed by atoms with E-state index in [1.807, 2.05) is 0 Å². The lowest BCUT2D eigenvalue weighted by molar-refractivity contribution is 0.0473. The number of esters is 1. The van der Waals surface area contributed by atoms with E-state index < -0.39 is 35.2 Å². The lowest BCUT2D eigenvalue weighted by Crippen LogP contribution is -2.36. The fraction of sp³-hybridized carbons (Fsp3) is 0.353. The lowest BCUT2D eigenvalue weighted by Gasteiger charge is -2.12. The number of anilines is 1. The number of H-pyrrole nitrogens is 1. The Labute approximate surface area is 158 Å². The molecule has 1 fully saturated rings. The van der Waals surface area contributed by atoms with Crippen LogP contribution in [0.4, 0.5) is 5.82 Å². The van der Waals surface area contributed by atoms with Crippen LogP contribution in [0.2, 0.25) is 5.15 Å². The number of pyridine rings is 1. The summed E-state index contributed by atoms with van der Waals surface area (Å²) >= 11 is 5.98. The maximum absolute atomic E-state index is 12.4. The van der Waals surface area contributed by atoms with E-state index in [4.69, 9.17) is 22.1 Å². The van der Waals surface area contributed by atoms with Crippen LogP contribution < -0.4 is 17.0 Å². The molecule has 1 aliphatic carbocycles. The van der Waals surface area contributed by atoms with Gasteiger partial charge in [-0.2, -0.15) is 0 Å². The van der Waals surface area contributed by atoms with Gasteiger partial charge in [0.25, 0.3) is 5.56 Å². The second kappa shape index (κ2) is 6.99.